The van der Waals surface area contributed by atoms with Gasteiger partial charge in [-0.15, -0.1) is 0 Å². The number of hydrogen-bond acceptors (Lipinski definition) is 5. The molecule has 2 fully saturated rings. The van der Waals surface area contributed by atoms with Crippen molar-refractivity contribution >= 4 is 10.0 Å². The van der Waals surface area contributed by atoms with Gasteiger partial charge in [0.2, 0.25) is 10.0 Å². The number of pyridine rings is 1. The topological polar surface area (TPSA) is 62.7 Å². The van der Waals surface area contributed by atoms with Crippen LogP contribution in [0.4, 0.5) is 0 Å². The number of aromatic nitrogens is 1. The molecule has 2 aliphatic rings. The number of nitrogens with zero attached hydrogens (tertiary/aromatic N) is 3. The molecule has 134 valence electrons. The van der Waals surface area contributed by atoms with Crippen molar-refractivity contribution in [1.29, 1.82) is 0 Å². The van der Waals surface area contributed by atoms with Crippen molar-refractivity contribution < 1.29 is 13.2 Å². The number of ether oxygens (including phenoxy) is 1. The Bertz CT molecular complexity index is 642. The first kappa shape index (κ1) is 17.8. The average molecular weight is 353 g/mol. The predicted molar refractivity (Wildman–Crippen MR) is 93.0 cm³/mol. The molecule has 0 aliphatic carbocycles. The Morgan fingerprint density at radius 1 is 1.38 bits per heavy atom. The largest absolute Gasteiger partial charge is 0.384 e. The molecule has 0 bridgehead atoms. The van der Waals surface area contributed by atoms with Gasteiger partial charge in [0.1, 0.15) is 0 Å². The van der Waals surface area contributed by atoms with Gasteiger partial charge in [-0.25, -0.2) is 12.7 Å². The van der Waals surface area contributed by atoms with Gasteiger partial charge in [-0.2, -0.15) is 0 Å². The molecular formula is C17H27N3O3S. The highest BCUT2D eigenvalue weighted by molar-refractivity contribution is 7.88. The maximum Gasteiger partial charge on any atom is 0.211 e. The van der Waals surface area contributed by atoms with E-state index in [-0.39, 0.29) is 11.3 Å². The molecule has 7 heteroatoms. The fourth-order valence-corrected chi connectivity index (χ4v) is 5.08. The Labute approximate surface area is 144 Å². The first-order valence-electron chi connectivity index (χ1n) is 8.48. The Kier molecular flexibility index (Phi) is 5.24. The van der Waals surface area contributed by atoms with Crippen LogP contribution in [-0.2, 0) is 21.3 Å². The van der Waals surface area contributed by atoms with Crippen LogP contribution in [-0.4, -0.2) is 68.8 Å². The van der Waals surface area contributed by atoms with Crippen LogP contribution in [0.1, 0.15) is 18.4 Å². The minimum absolute atomic E-state index is 0.0600. The van der Waals surface area contributed by atoms with Crippen molar-refractivity contribution in [3.8, 4) is 0 Å². The third-order valence-electron chi connectivity index (χ3n) is 5.60. The first-order valence-corrected chi connectivity index (χ1v) is 10.3. The van der Waals surface area contributed by atoms with E-state index in [1.807, 2.05) is 12.3 Å². The molecule has 6 nitrogen and oxygen atoms in total. The van der Waals surface area contributed by atoms with Crippen LogP contribution < -0.4 is 0 Å². The SMILES string of the molecule is COC[C@@H]1CN(S(C)(=O)=O)CC12CCN(Cc1cccnc1)CC2. The summed E-state index contributed by atoms with van der Waals surface area (Å²) in [6.45, 7) is 4.76. The smallest absolute Gasteiger partial charge is 0.211 e. The Morgan fingerprint density at radius 2 is 2.12 bits per heavy atom. The number of likely N-dealkylation sites (tertiary alicyclic amines) is 1. The van der Waals surface area contributed by atoms with Crippen LogP contribution in [0.2, 0.25) is 0 Å². The fourth-order valence-electron chi connectivity index (χ4n) is 4.14. The molecule has 1 atom stereocenters. The second-order valence-corrected chi connectivity index (χ2v) is 9.19. The summed E-state index contributed by atoms with van der Waals surface area (Å²) in [6, 6.07) is 4.07. The lowest BCUT2D eigenvalue weighted by Crippen LogP contribution is -2.45. The van der Waals surface area contributed by atoms with Crippen molar-refractivity contribution in [2.45, 2.75) is 19.4 Å². The van der Waals surface area contributed by atoms with Gasteiger partial charge in [0.25, 0.3) is 0 Å². The third kappa shape index (κ3) is 3.79. The summed E-state index contributed by atoms with van der Waals surface area (Å²) in [7, 11) is -1.43. The molecule has 1 aromatic rings. The average Bonchev–Trinajstić information content (AvgIpc) is 2.90. The Hall–Kier alpha value is -1.02. The number of hydrogen-bond donors (Lipinski definition) is 0. The lowest BCUT2D eigenvalue weighted by molar-refractivity contribution is 0.0357. The summed E-state index contributed by atoms with van der Waals surface area (Å²) in [4.78, 5) is 6.62. The van der Waals surface area contributed by atoms with Crippen molar-refractivity contribution in [3.63, 3.8) is 0 Å². The van der Waals surface area contributed by atoms with E-state index in [2.05, 4.69) is 16.0 Å². The Balaban J connectivity index is 1.66. The number of rotatable bonds is 5. The lowest BCUT2D eigenvalue weighted by Gasteiger charge is -2.42. The van der Waals surface area contributed by atoms with E-state index in [4.69, 9.17) is 4.74 Å². The highest BCUT2D eigenvalue weighted by Crippen LogP contribution is 2.45. The summed E-state index contributed by atoms with van der Waals surface area (Å²) in [5.74, 6) is 0.290. The van der Waals surface area contributed by atoms with E-state index < -0.39 is 10.0 Å². The summed E-state index contributed by atoms with van der Waals surface area (Å²) < 4.78 is 31.0. The summed E-state index contributed by atoms with van der Waals surface area (Å²) in [5.41, 5.74) is 1.29. The molecule has 1 spiro atoms. The zero-order valence-electron chi connectivity index (χ0n) is 14.5. The quantitative estimate of drug-likeness (QED) is 0.796. The molecule has 2 aliphatic heterocycles. The lowest BCUT2D eigenvalue weighted by atomic mass is 9.71. The van der Waals surface area contributed by atoms with Crippen LogP contribution >= 0.6 is 0 Å². The number of piperidine rings is 1. The molecule has 3 rings (SSSR count). The maximum absolute atomic E-state index is 12.0. The van der Waals surface area contributed by atoms with Crippen molar-refractivity contribution in [3.05, 3.63) is 30.1 Å². The monoisotopic (exact) mass is 353 g/mol. The van der Waals surface area contributed by atoms with Crippen LogP contribution in [0.15, 0.2) is 24.5 Å². The van der Waals surface area contributed by atoms with E-state index in [0.717, 1.165) is 32.5 Å². The minimum atomic E-state index is -3.14. The minimum Gasteiger partial charge on any atom is -0.384 e. The highest BCUT2D eigenvalue weighted by Gasteiger charge is 2.49. The molecule has 0 saturated carbocycles. The Morgan fingerprint density at radius 3 is 2.71 bits per heavy atom. The highest BCUT2D eigenvalue weighted by atomic mass is 32.2. The molecule has 24 heavy (non-hydrogen) atoms. The molecular weight excluding hydrogens is 326 g/mol. The zero-order valence-corrected chi connectivity index (χ0v) is 15.3. The fraction of sp³-hybridized carbons (Fsp3) is 0.706. The number of methoxy groups -OCH3 is 1. The zero-order chi connectivity index (χ0) is 17.2. The molecule has 0 amide bonds. The van der Waals surface area contributed by atoms with Gasteiger partial charge in [0, 0.05) is 45.1 Å². The van der Waals surface area contributed by atoms with Crippen LogP contribution in [0.5, 0.6) is 0 Å². The molecule has 2 saturated heterocycles. The predicted octanol–water partition coefficient (Wildman–Crippen LogP) is 1.20. The second kappa shape index (κ2) is 7.07. The van der Waals surface area contributed by atoms with Gasteiger partial charge < -0.3 is 4.74 Å². The molecule has 0 radical (unpaired) electrons. The van der Waals surface area contributed by atoms with Crippen molar-refractivity contribution in [1.82, 2.24) is 14.2 Å². The number of sulfonamides is 1. The normalized spacial score (nSPS) is 25.3. The summed E-state index contributed by atoms with van der Waals surface area (Å²) in [6.07, 6.45) is 7.06. The van der Waals surface area contributed by atoms with E-state index in [1.165, 1.54) is 11.8 Å². The molecule has 3 heterocycles. The van der Waals surface area contributed by atoms with Crippen LogP contribution in [0.25, 0.3) is 0 Å². The van der Waals surface area contributed by atoms with Gasteiger partial charge >= 0.3 is 0 Å². The van der Waals surface area contributed by atoms with Gasteiger partial charge in [-0.1, -0.05) is 6.07 Å². The molecule has 0 N–H and O–H groups in total. The van der Waals surface area contributed by atoms with Crippen LogP contribution in [0.3, 0.4) is 0 Å². The van der Waals surface area contributed by atoms with E-state index in [0.29, 0.717) is 19.7 Å². The summed E-state index contributed by atoms with van der Waals surface area (Å²) in [5, 5.41) is 0. The first-order chi connectivity index (χ1) is 11.4. The van der Waals surface area contributed by atoms with Crippen LogP contribution in [0, 0.1) is 11.3 Å². The molecule has 0 aromatic carbocycles. The molecule has 0 unspecified atom stereocenters. The van der Waals surface area contributed by atoms with Crippen molar-refractivity contribution in [2.24, 2.45) is 11.3 Å². The molecule has 1 aromatic heterocycles. The second-order valence-electron chi connectivity index (χ2n) is 7.21. The maximum atomic E-state index is 12.0. The standard InChI is InChI=1S/C17H27N3O3S/c1-23-13-16-12-20(24(2,21)22)14-17(16)5-8-19(9-6-17)11-15-4-3-7-18-10-15/h3-4,7,10,16H,5-6,8-9,11-14H2,1-2H3/t16-/m0/s1. The van der Waals surface area contributed by atoms with Gasteiger partial charge in [-0.05, 0) is 43.0 Å². The van der Waals surface area contributed by atoms with E-state index in [9.17, 15) is 8.42 Å². The third-order valence-corrected chi connectivity index (χ3v) is 6.82. The van der Waals surface area contributed by atoms with Crippen molar-refractivity contribution in [2.75, 3.05) is 46.2 Å². The van der Waals surface area contributed by atoms with Gasteiger partial charge in [0.15, 0.2) is 0 Å². The van der Waals surface area contributed by atoms with E-state index in [1.54, 1.807) is 17.6 Å². The summed E-state index contributed by atoms with van der Waals surface area (Å²) >= 11 is 0. The van der Waals surface area contributed by atoms with Gasteiger partial charge in [0.05, 0.1) is 12.9 Å². The van der Waals surface area contributed by atoms with E-state index >= 15 is 0 Å². The van der Waals surface area contributed by atoms with Gasteiger partial charge in [-0.3, -0.25) is 9.88 Å².